The Morgan fingerprint density at radius 2 is 2.09 bits per heavy atom. The van der Waals surface area contributed by atoms with Gasteiger partial charge in [-0.05, 0) is 41.8 Å². The van der Waals surface area contributed by atoms with Crippen LogP contribution in [0.1, 0.15) is 18.5 Å². The van der Waals surface area contributed by atoms with Crippen LogP contribution in [-0.2, 0) is 16.1 Å². The number of aliphatic carboxylic acids is 1. The maximum Gasteiger partial charge on any atom is 0.308 e. The zero-order chi connectivity index (χ0) is 16.6. The fraction of sp³-hybridized carbons (Fsp3) is 0.412. The number of hydrogen-bond acceptors (Lipinski definition) is 2. The Kier molecular flexibility index (Phi) is 4.43. The number of carbonyl (C=O) groups excluding carboxylic acids is 1. The lowest BCUT2D eigenvalue weighted by Gasteiger charge is -2.31. The predicted molar refractivity (Wildman–Crippen MR) is 91.3 cm³/mol. The van der Waals surface area contributed by atoms with Crippen molar-refractivity contribution in [2.24, 2.45) is 5.92 Å². The van der Waals surface area contributed by atoms with Crippen molar-refractivity contribution in [2.75, 3.05) is 13.1 Å². The lowest BCUT2D eigenvalue weighted by Crippen LogP contribution is -2.43. The molecule has 3 rings (SSSR count). The first kappa shape index (κ1) is 16.1. The number of aromatic nitrogens is 1. The van der Waals surface area contributed by atoms with E-state index >= 15 is 0 Å². The van der Waals surface area contributed by atoms with E-state index in [2.05, 4.69) is 15.9 Å². The standard InChI is InChI=1S/C17H19BrN2O3/c1-11-16(18)13-6-2-3-7-14(13)20(11)10-15(21)19-8-4-5-12(9-19)17(22)23/h2-3,6-7,12H,4-5,8-10H2,1H3,(H,22,23). The van der Waals surface area contributed by atoms with Gasteiger partial charge in [0.2, 0.25) is 5.91 Å². The molecular weight excluding hydrogens is 360 g/mol. The van der Waals surface area contributed by atoms with Crippen molar-refractivity contribution in [1.82, 2.24) is 9.47 Å². The summed E-state index contributed by atoms with van der Waals surface area (Å²) in [4.78, 5) is 25.5. The van der Waals surface area contributed by atoms with E-state index in [4.69, 9.17) is 5.11 Å². The van der Waals surface area contributed by atoms with Crippen LogP contribution in [0.2, 0.25) is 0 Å². The highest BCUT2D eigenvalue weighted by Crippen LogP contribution is 2.30. The summed E-state index contributed by atoms with van der Waals surface area (Å²) in [7, 11) is 0. The monoisotopic (exact) mass is 378 g/mol. The molecular formula is C17H19BrN2O3. The molecule has 0 radical (unpaired) electrons. The molecule has 1 fully saturated rings. The Hall–Kier alpha value is -1.82. The number of carbonyl (C=O) groups is 2. The van der Waals surface area contributed by atoms with Gasteiger partial charge in [-0.1, -0.05) is 18.2 Å². The van der Waals surface area contributed by atoms with Gasteiger partial charge in [-0.25, -0.2) is 0 Å². The summed E-state index contributed by atoms with van der Waals surface area (Å²) >= 11 is 3.59. The van der Waals surface area contributed by atoms with Gasteiger partial charge in [0.15, 0.2) is 0 Å². The van der Waals surface area contributed by atoms with Crippen molar-refractivity contribution in [2.45, 2.75) is 26.3 Å². The number of likely N-dealkylation sites (tertiary alicyclic amines) is 1. The number of fused-ring (bicyclic) bond motifs is 1. The molecule has 0 bridgehead atoms. The van der Waals surface area contributed by atoms with Crippen LogP contribution in [0, 0.1) is 12.8 Å². The number of hydrogen-bond donors (Lipinski definition) is 1. The minimum atomic E-state index is -0.812. The third-order valence-electron chi connectivity index (χ3n) is 4.57. The van der Waals surface area contributed by atoms with Crippen molar-refractivity contribution in [1.29, 1.82) is 0 Å². The molecule has 0 spiro atoms. The van der Waals surface area contributed by atoms with Gasteiger partial charge in [0, 0.05) is 34.2 Å². The highest BCUT2D eigenvalue weighted by molar-refractivity contribution is 9.10. The molecule has 1 aliphatic heterocycles. The molecule has 1 saturated heterocycles. The second-order valence-electron chi connectivity index (χ2n) is 6.02. The minimum absolute atomic E-state index is 0.0210. The van der Waals surface area contributed by atoms with E-state index in [1.165, 1.54) is 0 Å². The topological polar surface area (TPSA) is 62.5 Å². The Morgan fingerprint density at radius 3 is 2.83 bits per heavy atom. The van der Waals surface area contributed by atoms with Gasteiger partial charge in [-0.15, -0.1) is 0 Å². The second-order valence-corrected chi connectivity index (χ2v) is 6.81. The number of piperidine rings is 1. The lowest BCUT2D eigenvalue weighted by atomic mass is 9.98. The van der Waals surface area contributed by atoms with Crippen LogP contribution in [0.3, 0.4) is 0 Å². The number of amides is 1. The van der Waals surface area contributed by atoms with Crippen LogP contribution in [0.25, 0.3) is 10.9 Å². The molecule has 2 aromatic rings. The Balaban J connectivity index is 1.83. The molecule has 0 aliphatic carbocycles. The number of carboxylic acids is 1. The largest absolute Gasteiger partial charge is 0.481 e. The highest BCUT2D eigenvalue weighted by Gasteiger charge is 2.28. The fourth-order valence-corrected chi connectivity index (χ4v) is 3.78. The van der Waals surface area contributed by atoms with Crippen LogP contribution >= 0.6 is 15.9 Å². The Morgan fingerprint density at radius 1 is 1.35 bits per heavy atom. The molecule has 1 atom stereocenters. The first-order chi connectivity index (χ1) is 11.0. The molecule has 1 aliphatic rings. The van der Waals surface area contributed by atoms with Gasteiger partial charge in [-0.3, -0.25) is 9.59 Å². The van der Waals surface area contributed by atoms with Crippen molar-refractivity contribution in [3.63, 3.8) is 0 Å². The summed E-state index contributed by atoms with van der Waals surface area (Å²) in [6, 6.07) is 7.95. The van der Waals surface area contributed by atoms with Crippen molar-refractivity contribution in [3.05, 3.63) is 34.4 Å². The van der Waals surface area contributed by atoms with Gasteiger partial charge in [0.1, 0.15) is 6.54 Å². The van der Waals surface area contributed by atoms with E-state index in [1.807, 2.05) is 35.8 Å². The van der Waals surface area contributed by atoms with Crippen LogP contribution < -0.4 is 0 Å². The van der Waals surface area contributed by atoms with Gasteiger partial charge in [-0.2, -0.15) is 0 Å². The summed E-state index contributed by atoms with van der Waals surface area (Å²) in [5, 5.41) is 10.3. The maximum atomic E-state index is 12.6. The number of carboxylic acid groups (broad SMARTS) is 1. The molecule has 1 N–H and O–H groups in total. The molecule has 122 valence electrons. The Bertz CT molecular complexity index is 769. The summed E-state index contributed by atoms with van der Waals surface area (Å²) in [5.41, 5.74) is 2.02. The van der Waals surface area contributed by atoms with Gasteiger partial charge in [0.05, 0.1) is 5.92 Å². The molecule has 5 nitrogen and oxygen atoms in total. The number of halogens is 1. The molecule has 1 amide bonds. The quantitative estimate of drug-likeness (QED) is 0.892. The third kappa shape index (κ3) is 3.00. The van der Waals surface area contributed by atoms with Crippen molar-refractivity contribution >= 4 is 38.7 Å². The second kappa shape index (κ2) is 6.35. The fourth-order valence-electron chi connectivity index (χ4n) is 3.23. The Labute approximate surface area is 143 Å². The van der Waals surface area contributed by atoms with E-state index in [-0.39, 0.29) is 12.5 Å². The van der Waals surface area contributed by atoms with Gasteiger partial charge < -0.3 is 14.6 Å². The lowest BCUT2D eigenvalue weighted by molar-refractivity contribution is -0.145. The molecule has 0 saturated carbocycles. The minimum Gasteiger partial charge on any atom is -0.481 e. The summed E-state index contributed by atoms with van der Waals surface area (Å²) in [6.45, 7) is 3.17. The van der Waals surface area contributed by atoms with Crippen LogP contribution in [0.4, 0.5) is 0 Å². The molecule has 2 heterocycles. The third-order valence-corrected chi connectivity index (χ3v) is 5.57. The number of benzene rings is 1. The first-order valence-corrected chi connectivity index (χ1v) is 8.52. The normalized spacial score (nSPS) is 18.3. The average molecular weight is 379 g/mol. The SMILES string of the molecule is Cc1c(Br)c2ccccc2n1CC(=O)N1CCCC(C(=O)O)C1. The van der Waals surface area contributed by atoms with Crippen LogP contribution in [-0.4, -0.2) is 39.5 Å². The van der Waals surface area contributed by atoms with Crippen molar-refractivity contribution in [3.8, 4) is 0 Å². The predicted octanol–water partition coefficient (Wildman–Crippen LogP) is 3.04. The number of rotatable bonds is 3. The van der Waals surface area contributed by atoms with E-state index in [0.717, 1.165) is 27.5 Å². The van der Waals surface area contributed by atoms with E-state index in [0.29, 0.717) is 19.5 Å². The van der Waals surface area contributed by atoms with E-state index in [1.54, 1.807) is 4.90 Å². The van der Waals surface area contributed by atoms with Gasteiger partial charge in [0.25, 0.3) is 0 Å². The summed E-state index contributed by atoms with van der Waals surface area (Å²) in [6.07, 6.45) is 1.40. The molecule has 6 heteroatoms. The summed E-state index contributed by atoms with van der Waals surface area (Å²) in [5.74, 6) is -1.28. The smallest absolute Gasteiger partial charge is 0.308 e. The van der Waals surface area contributed by atoms with Crippen molar-refractivity contribution < 1.29 is 14.7 Å². The van der Waals surface area contributed by atoms with E-state index in [9.17, 15) is 9.59 Å². The first-order valence-electron chi connectivity index (χ1n) is 7.73. The average Bonchev–Trinajstić information content (AvgIpc) is 2.80. The summed E-state index contributed by atoms with van der Waals surface area (Å²) < 4.78 is 2.99. The molecule has 23 heavy (non-hydrogen) atoms. The van der Waals surface area contributed by atoms with E-state index < -0.39 is 11.9 Å². The maximum absolute atomic E-state index is 12.6. The molecule has 1 aromatic carbocycles. The molecule has 1 aromatic heterocycles. The zero-order valence-corrected chi connectivity index (χ0v) is 14.5. The van der Waals surface area contributed by atoms with Crippen LogP contribution in [0.15, 0.2) is 28.7 Å². The van der Waals surface area contributed by atoms with Gasteiger partial charge >= 0.3 is 5.97 Å². The highest BCUT2D eigenvalue weighted by atomic mass is 79.9. The zero-order valence-electron chi connectivity index (χ0n) is 13.0. The van der Waals surface area contributed by atoms with Crippen LogP contribution in [0.5, 0.6) is 0 Å². The molecule has 1 unspecified atom stereocenters. The number of nitrogens with zero attached hydrogens (tertiary/aromatic N) is 2. The number of para-hydroxylation sites is 1.